The highest BCUT2D eigenvalue weighted by atomic mass is 32.1. The third-order valence-corrected chi connectivity index (χ3v) is 16.1. The summed E-state index contributed by atoms with van der Waals surface area (Å²) in [5, 5.41) is 9.20. The first kappa shape index (κ1) is 42.2. The van der Waals surface area contributed by atoms with E-state index >= 15 is 0 Å². The summed E-state index contributed by atoms with van der Waals surface area (Å²) in [6, 6.07) is 93.6. The van der Waals surface area contributed by atoms with E-state index in [1.165, 1.54) is 25.6 Å². The summed E-state index contributed by atoms with van der Waals surface area (Å²) in [5.74, 6) is 3.50. The van der Waals surface area contributed by atoms with Crippen LogP contribution in [-0.4, -0.2) is 4.57 Å². The van der Waals surface area contributed by atoms with Crippen LogP contribution in [0.15, 0.2) is 270 Å². The number of nitrogens with zero attached hydrogens (tertiary/aromatic N) is 1. The van der Waals surface area contributed by atoms with Gasteiger partial charge in [-0.3, -0.25) is 0 Å². The maximum Gasteiger partial charge on any atom is 0.145 e. The first-order valence-corrected chi connectivity index (χ1v) is 26.0. The summed E-state index contributed by atoms with van der Waals surface area (Å²) in [6.07, 6.45) is 0. The predicted octanol–water partition coefficient (Wildman–Crippen LogP) is 20.3. The molecule has 74 heavy (non-hydrogen) atoms. The first-order valence-electron chi connectivity index (χ1n) is 25.2. The Morgan fingerprint density at radius 1 is 0.284 bits per heavy atom. The van der Waals surface area contributed by atoms with Crippen LogP contribution in [0.5, 0.6) is 0 Å². The van der Waals surface area contributed by atoms with Gasteiger partial charge in [0.2, 0.25) is 0 Å². The maximum atomic E-state index is 7.23. The molecule has 0 amide bonds. The van der Waals surface area contributed by atoms with Gasteiger partial charge in [-0.25, -0.2) is 0 Å². The second-order valence-corrected chi connectivity index (χ2v) is 20.1. The Hall–Kier alpha value is -9.48. The number of thiophene rings is 1. The van der Waals surface area contributed by atoms with Crippen molar-refractivity contribution in [1.82, 2.24) is 4.57 Å². The van der Waals surface area contributed by atoms with Crippen LogP contribution in [0.2, 0.25) is 0 Å². The SMILES string of the molecule is c1ccc(-c2ccc3c4ccc(-c5ccc(-c6ccc7c(sc8ccccc87)c6-c6oc(-c7ccccc7)c7ccccc67)cc5)cc4n(-c4ccccc4)c3c2-c2oc(-c3ccccc3)c3ccccc23)cc1. The Kier molecular flexibility index (Phi) is 9.75. The van der Waals surface area contributed by atoms with Gasteiger partial charge in [-0.05, 0) is 57.6 Å². The molecule has 0 aliphatic rings. The summed E-state index contributed by atoms with van der Waals surface area (Å²) in [7, 11) is 0. The van der Waals surface area contributed by atoms with Crippen LogP contribution < -0.4 is 0 Å². The van der Waals surface area contributed by atoms with E-state index in [0.29, 0.717) is 0 Å². The standard InChI is InChI=1S/C70H43NO2S/c1-5-19-45(20-6-1)51-39-41-55-53-38-37-49(43-61(53)71(50-25-11-4-12-26-50)65(55)63(51)68-58-30-15-13-28-56(58)66(72-68)47-21-7-2-8-22-47)44-33-35-46(36-34-44)52-40-42-60-54-27-17-18-32-62(54)74-70(60)64(52)69-59-31-16-14-29-57(59)67(73-69)48-23-9-3-10-24-48/h1-43H. The van der Waals surface area contributed by atoms with E-state index in [2.05, 4.69) is 265 Å². The van der Waals surface area contributed by atoms with Gasteiger partial charge in [-0.2, -0.15) is 0 Å². The minimum absolute atomic E-state index is 0.853. The van der Waals surface area contributed by atoms with E-state index in [9.17, 15) is 0 Å². The fraction of sp³-hybridized carbons (Fsp3) is 0. The van der Waals surface area contributed by atoms with Crippen LogP contribution >= 0.6 is 11.3 Å². The van der Waals surface area contributed by atoms with Crippen molar-refractivity contribution in [2.24, 2.45) is 0 Å². The number of aromatic nitrogens is 1. The van der Waals surface area contributed by atoms with Crippen LogP contribution in [0.4, 0.5) is 0 Å². The zero-order valence-electron chi connectivity index (χ0n) is 40.0. The molecule has 0 spiro atoms. The lowest BCUT2D eigenvalue weighted by Crippen LogP contribution is -1.97. The number of hydrogen-bond donors (Lipinski definition) is 0. The van der Waals surface area contributed by atoms with Gasteiger partial charge >= 0.3 is 0 Å². The molecule has 0 fully saturated rings. The minimum Gasteiger partial charge on any atom is -0.455 e. The van der Waals surface area contributed by atoms with Crippen molar-refractivity contribution in [1.29, 1.82) is 0 Å². The van der Waals surface area contributed by atoms with Gasteiger partial charge in [0, 0.05) is 74.9 Å². The van der Waals surface area contributed by atoms with Gasteiger partial charge in [-0.15, -0.1) is 11.3 Å². The number of para-hydroxylation sites is 1. The molecule has 0 saturated carbocycles. The third-order valence-electron chi connectivity index (χ3n) is 14.9. The molecule has 0 bridgehead atoms. The van der Waals surface area contributed by atoms with E-state index in [1.54, 1.807) is 0 Å². The minimum atomic E-state index is 0.853. The molecule has 15 aromatic rings. The lowest BCUT2D eigenvalue weighted by Gasteiger charge is -2.15. The number of benzene rings is 11. The third kappa shape index (κ3) is 6.66. The molecule has 0 radical (unpaired) electrons. The van der Waals surface area contributed by atoms with E-state index in [0.717, 1.165) is 122 Å². The Bertz CT molecular complexity index is 4620. The van der Waals surface area contributed by atoms with Gasteiger partial charge < -0.3 is 13.4 Å². The van der Waals surface area contributed by atoms with E-state index < -0.39 is 0 Å². The second-order valence-electron chi connectivity index (χ2n) is 19.0. The van der Waals surface area contributed by atoms with Crippen molar-refractivity contribution >= 4 is 74.9 Å². The highest BCUT2D eigenvalue weighted by molar-refractivity contribution is 7.26. The molecule has 11 aromatic carbocycles. The van der Waals surface area contributed by atoms with Crippen LogP contribution in [0.25, 0.3) is 148 Å². The smallest absolute Gasteiger partial charge is 0.145 e. The highest BCUT2D eigenvalue weighted by Crippen LogP contribution is 2.51. The Labute approximate surface area is 431 Å². The van der Waals surface area contributed by atoms with E-state index in [1.807, 2.05) is 11.3 Å². The van der Waals surface area contributed by atoms with Crippen molar-refractivity contribution < 1.29 is 8.83 Å². The largest absolute Gasteiger partial charge is 0.455 e. The molecule has 346 valence electrons. The average Bonchev–Trinajstić information content (AvgIpc) is 4.25. The predicted molar refractivity (Wildman–Crippen MR) is 311 cm³/mol. The van der Waals surface area contributed by atoms with Gasteiger partial charge in [0.25, 0.3) is 0 Å². The lowest BCUT2D eigenvalue weighted by atomic mass is 9.93. The van der Waals surface area contributed by atoms with Gasteiger partial charge in [-0.1, -0.05) is 237 Å². The molecule has 15 rings (SSSR count). The number of hydrogen-bond acceptors (Lipinski definition) is 3. The quantitative estimate of drug-likeness (QED) is 0.152. The van der Waals surface area contributed by atoms with Gasteiger partial charge in [0.05, 0.1) is 16.6 Å². The molecule has 0 atom stereocenters. The molecule has 4 heterocycles. The van der Waals surface area contributed by atoms with Crippen LogP contribution in [0.1, 0.15) is 0 Å². The van der Waals surface area contributed by atoms with Crippen LogP contribution in [0.3, 0.4) is 0 Å². The average molecular weight is 962 g/mol. The zero-order chi connectivity index (χ0) is 48.7. The molecule has 0 N–H and O–H groups in total. The molecule has 0 saturated heterocycles. The highest BCUT2D eigenvalue weighted by Gasteiger charge is 2.27. The molecule has 0 unspecified atom stereocenters. The normalized spacial score (nSPS) is 11.8. The van der Waals surface area contributed by atoms with Crippen molar-refractivity contribution in [3.8, 4) is 84.4 Å². The number of fused-ring (bicyclic) bond motifs is 8. The zero-order valence-corrected chi connectivity index (χ0v) is 40.8. The maximum absolute atomic E-state index is 7.23. The summed E-state index contributed by atoms with van der Waals surface area (Å²) >= 11 is 1.84. The Morgan fingerprint density at radius 2 is 0.716 bits per heavy atom. The molecular formula is C70H43NO2S. The Balaban J connectivity index is 0.932. The van der Waals surface area contributed by atoms with Crippen molar-refractivity contribution in [3.05, 3.63) is 261 Å². The first-order chi connectivity index (χ1) is 36.7. The molecule has 4 heteroatoms. The fourth-order valence-electron chi connectivity index (χ4n) is 11.5. The molecular weight excluding hydrogens is 919 g/mol. The van der Waals surface area contributed by atoms with E-state index in [4.69, 9.17) is 8.83 Å². The Morgan fingerprint density at radius 3 is 1.32 bits per heavy atom. The fourth-order valence-corrected chi connectivity index (χ4v) is 12.7. The number of furan rings is 2. The van der Waals surface area contributed by atoms with Gasteiger partial charge in [0.1, 0.15) is 23.0 Å². The van der Waals surface area contributed by atoms with Crippen molar-refractivity contribution in [2.45, 2.75) is 0 Å². The van der Waals surface area contributed by atoms with E-state index in [-0.39, 0.29) is 0 Å². The molecule has 3 nitrogen and oxygen atoms in total. The summed E-state index contributed by atoms with van der Waals surface area (Å²) in [4.78, 5) is 0. The lowest BCUT2D eigenvalue weighted by molar-refractivity contribution is 0.602. The van der Waals surface area contributed by atoms with Crippen molar-refractivity contribution in [2.75, 3.05) is 0 Å². The van der Waals surface area contributed by atoms with Gasteiger partial charge in [0.15, 0.2) is 0 Å². The molecule has 0 aliphatic carbocycles. The van der Waals surface area contributed by atoms with Crippen LogP contribution in [0, 0.1) is 0 Å². The molecule has 0 aliphatic heterocycles. The number of rotatable bonds is 8. The summed E-state index contributed by atoms with van der Waals surface area (Å²) in [5.41, 5.74) is 14.4. The van der Waals surface area contributed by atoms with Crippen molar-refractivity contribution in [3.63, 3.8) is 0 Å². The van der Waals surface area contributed by atoms with Crippen LogP contribution in [-0.2, 0) is 0 Å². The summed E-state index contributed by atoms with van der Waals surface area (Å²) in [6.45, 7) is 0. The molecule has 4 aromatic heterocycles. The monoisotopic (exact) mass is 961 g/mol. The second kappa shape index (κ2) is 17.1. The summed E-state index contributed by atoms with van der Waals surface area (Å²) < 4.78 is 19.3. The topological polar surface area (TPSA) is 31.2 Å².